The van der Waals surface area contributed by atoms with Crippen LogP contribution >= 0.6 is 11.8 Å². The molecule has 1 aliphatic carbocycles. The van der Waals surface area contributed by atoms with Crippen molar-refractivity contribution in [3.63, 3.8) is 0 Å². The minimum Gasteiger partial charge on any atom is -0.311 e. The van der Waals surface area contributed by atoms with Gasteiger partial charge in [0.2, 0.25) is 0 Å². The van der Waals surface area contributed by atoms with Crippen molar-refractivity contribution in [1.82, 2.24) is 5.32 Å². The number of nitrogens with one attached hydrogen (secondary N) is 1. The summed E-state index contributed by atoms with van der Waals surface area (Å²) in [5.41, 5.74) is 0. The van der Waals surface area contributed by atoms with Crippen LogP contribution in [0.3, 0.4) is 0 Å². The smallest absolute Gasteiger partial charge is 0.00977 e. The summed E-state index contributed by atoms with van der Waals surface area (Å²) in [4.78, 5) is 0. The summed E-state index contributed by atoms with van der Waals surface area (Å²) < 4.78 is 0. The SMILES string of the molecule is CCSCCC(C)NC1CCCC1CC. The van der Waals surface area contributed by atoms with Crippen LogP contribution in [-0.2, 0) is 0 Å². The Morgan fingerprint density at radius 1 is 1.33 bits per heavy atom. The molecule has 0 heterocycles. The van der Waals surface area contributed by atoms with Crippen LogP contribution in [0.1, 0.15) is 52.9 Å². The van der Waals surface area contributed by atoms with Gasteiger partial charge in [-0.15, -0.1) is 0 Å². The highest BCUT2D eigenvalue weighted by atomic mass is 32.2. The first-order valence-corrected chi connectivity index (χ1v) is 7.77. The molecule has 0 aromatic carbocycles. The first-order chi connectivity index (χ1) is 7.27. The molecule has 0 amide bonds. The lowest BCUT2D eigenvalue weighted by atomic mass is 10.00. The van der Waals surface area contributed by atoms with Crippen LogP contribution in [0, 0.1) is 5.92 Å². The molecular weight excluding hydrogens is 202 g/mol. The Kier molecular flexibility index (Phi) is 6.74. The Morgan fingerprint density at radius 3 is 2.80 bits per heavy atom. The van der Waals surface area contributed by atoms with Gasteiger partial charge in [-0.1, -0.05) is 26.7 Å². The average Bonchev–Trinajstić information content (AvgIpc) is 2.65. The zero-order valence-corrected chi connectivity index (χ0v) is 11.4. The molecule has 1 aliphatic rings. The highest BCUT2D eigenvalue weighted by Crippen LogP contribution is 2.28. The van der Waals surface area contributed by atoms with Crippen molar-refractivity contribution in [2.45, 2.75) is 65.0 Å². The molecule has 1 N–H and O–H groups in total. The maximum absolute atomic E-state index is 3.83. The number of thioether (sulfide) groups is 1. The van der Waals surface area contributed by atoms with Crippen molar-refractivity contribution in [3.8, 4) is 0 Å². The highest BCUT2D eigenvalue weighted by Gasteiger charge is 2.26. The van der Waals surface area contributed by atoms with E-state index in [1.54, 1.807) is 0 Å². The zero-order valence-electron chi connectivity index (χ0n) is 10.6. The minimum atomic E-state index is 0.709. The third-order valence-electron chi connectivity index (χ3n) is 3.58. The van der Waals surface area contributed by atoms with E-state index in [1.807, 2.05) is 0 Å². The summed E-state index contributed by atoms with van der Waals surface area (Å²) in [6.45, 7) is 6.93. The molecule has 1 rings (SSSR count). The predicted molar refractivity (Wildman–Crippen MR) is 71.6 cm³/mol. The summed E-state index contributed by atoms with van der Waals surface area (Å²) in [7, 11) is 0. The van der Waals surface area contributed by atoms with Crippen LogP contribution in [0.2, 0.25) is 0 Å². The van der Waals surface area contributed by atoms with E-state index < -0.39 is 0 Å². The van der Waals surface area contributed by atoms with E-state index in [1.165, 1.54) is 43.6 Å². The molecule has 1 saturated carbocycles. The molecule has 0 saturated heterocycles. The van der Waals surface area contributed by atoms with Gasteiger partial charge in [0.25, 0.3) is 0 Å². The van der Waals surface area contributed by atoms with E-state index >= 15 is 0 Å². The molecule has 3 atom stereocenters. The van der Waals surface area contributed by atoms with Crippen molar-refractivity contribution in [2.75, 3.05) is 11.5 Å². The van der Waals surface area contributed by atoms with Gasteiger partial charge in [-0.05, 0) is 43.6 Å². The normalized spacial score (nSPS) is 28.2. The van der Waals surface area contributed by atoms with Gasteiger partial charge in [-0.25, -0.2) is 0 Å². The van der Waals surface area contributed by atoms with Crippen molar-refractivity contribution in [1.29, 1.82) is 0 Å². The van der Waals surface area contributed by atoms with Crippen LogP contribution in [0.15, 0.2) is 0 Å². The molecule has 0 bridgehead atoms. The third kappa shape index (κ3) is 4.78. The number of rotatable bonds is 7. The van der Waals surface area contributed by atoms with Gasteiger partial charge in [0, 0.05) is 12.1 Å². The van der Waals surface area contributed by atoms with Crippen LogP contribution in [0.4, 0.5) is 0 Å². The van der Waals surface area contributed by atoms with E-state index in [0.717, 1.165) is 12.0 Å². The average molecular weight is 229 g/mol. The van der Waals surface area contributed by atoms with E-state index in [4.69, 9.17) is 0 Å². The van der Waals surface area contributed by atoms with Gasteiger partial charge in [-0.3, -0.25) is 0 Å². The summed E-state index contributed by atoms with van der Waals surface area (Å²) in [5, 5.41) is 3.83. The van der Waals surface area contributed by atoms with E-state index in [-0.39, 0.29) is 0 Å². The fourth-order valence-corrected chi connectivity index (χ4v) is 3.41. The molecule has 0 aromatic heterocycles. The summed E-state index contributed by atoms with van der Waals surface area (Å²) in [5.74, 6) is 3.52. The molecule has 2 heteroatoms. The Bertz CT molecular complexity index is 161. The Hall–Kier alpha value is 0.310. The highest BCUT2D eigenvalue weighted by molar-refractivity contribution is 7.99. The molecule has 90 valence electrons. The van der Waals surface area contributed by atoms with Crippen molar-refractivity contribution in [2.24, 2.45) is 5.92 Å². The number of hydrogen-bond acceptors (Lipinski definition) is 2. The lowest BCUT2D eigenvalue weighted by Crippen LogP contribution is -2.39. The lowest BCUT2D eigenvalue weighted by Gasteiger charge is -2.24. The zero-order chi connectivity index (χ0) is 11.1. The predicted octanol–water partition coefficient (Wildman–Crippen LogP) is 3.69. The maximum Gasteiger partial charge on any atom is 0.00977 e. The second-order valence-electron chi connectivity index (χ2n) is 4.76. The van der Waals surface area contributed by atoms with Gasteiger partial charge in [0.1, 0.15) is 0 Å². The molecule has 0 aromatic rings. The van der Waals surface area contributed by atoms with Crippen LogP contribution in [-0.4, -0.2) is 23.6 Å². The first-order valence-electron chi connectivity index (χ1n) is 6.61. The largest absolute Gasteiger partial charge is 0.311 e. The topological polar surface area (TPSA) is 12.0 Å². The standard InChI is InChI=1S/C13H27NS/c1-4-12-7-6-8-13(12)14-11(3)9-10-15-5-2/h11-14H,4-10H2,1-3H3. The lowest BCUT2D eigenvalue weighted by molar-refractivity contribution is 0.353. The number of hydrogen-bond donors (Lipinski definition) is 1. The van der Waals surface area contributed by atoms with Gasteiger partial charge in [0.05, 0.1) is 0 Å². The summed E-state index contributed by atoms with van der Waals surface area (Å²) >= 11 is 2.06. The second kappa shape index (κ2) is 7.56. The Morgan fingerprint density at radius 2 is 2.13 bits per heavy atom. The fourth-order valence-electron chi connectivity index (χ4n) is 2.60. The second-order valence-corrected chi connectivity index (χ2v) is 6.15. The molecule has 0 aliphatic heterocycles. The third-order valence-corrected chi connectivity index (χ3v) is 4.51. The molecule has 15 heavy (non-hydrogen) atoms. The van der Waals surface area contributed by atoms with Crippen LogP contribution in [0.5, 0.6) is 0 Å². The van der Waals surface area contributed by atoms with Gasteiger partial charge in [0.15, 0.2) is 0 Å². The van der Waals surface area contributed by atoms with E-state index in [9.17, 15) is 0 Å². The summed E-state index contributed by atoms with van der Waals surface area (Å²) in [6, 6.07) is 1.53. The quantitative estimate of drug-likeness (QED) is 0.668. The van der Waals surface area contributed by atoms with Crippen molar-refractivity contribution < 1.29 is 0 Å². The maximum atomic E-state index is 3.83. The molecule has 3 unspecified atom stereocenters. The van der Waals surface area contributed by atoms with Crippen molar-refractivity contribution in [3.05, 3.63) is 0 Å². The molecule has 1 fully saturated rings. The van der Waals surface area contributed by atoms with Gasteiger partial charge >= 0.3 is 0 Å². The summed E-state index contributed by atoms with van der Waals surface area (Å²) in [6.07, 6.45) is 6.97. The van der Waals surface area contributed by atoms with Crippen molar-refractivity contribution >= 4 is 11.8 Å². The minimum absolute atomic E-state index is 0.709. The monoisotopic (exact) mass is 229 g/mol. The first kappa shape index (κ1) is 13.4. The molecular formula is C13H27NS. The van der Waals surface area contributed by atoms with Crippen LogP contribution in [0.25, 0.3) is 0 Å². The van der Waals surface area contributed by atoms with Crippen LogP contribution < -0.4 is 5.32 Å². The fraction of sp³-hybridized carbons (Fsp3) is 1.00. The molecule has 0 spiro atoms. The van der Waals surface area contributed by atoms with E-state index in [2.05, 4.69) is 37.8 Å². The Balaban J connectivity index is 2.15. The Labute approximate surface area is 99.8 Å². The van der Waals surface area contributed by atoms with Gasteiger partial charge in [-0.2, -0.15) is 11.8 Å². The van der Waals surface area contributed by atoms with Gasteiger partial charge < -0.3 is 5.32 Å². The molecule has 1 nitrogen and oxygen atoms in total. The van der Waals surface area contributed by atoms with E-state index in [0.29, 0.717) is 6.04 Å². The molecule has 0 radical (unpaired) electrons.